The summed E-state index contributed by atoms with van der Waals surface area (Å²) in [7, 11) is 0. The molecule has 134 valence electrons. The molecule has 0 saturated carbocycles. The second-order valence-electron chi connectivity index (χ2n) is 6.96. The molecule has 3 rings (SSSR count). The largest absolute Gasteiger partial charge is 0.444 e. The number of hydrogen-bond acceptors (Lipinski definition) is 7. The topological polar surface area (TPSA) is 84.6 Å². The summed E-state index contributed by atoms with van der Waals surface area (Å²) in [6.07, 6.45) is 3.23. The van der Waals surface area contributed by atoms with Gasteiger partial charge >= 0.3 is 6.09 Å². The Morgan fingerprint density at radius 3 is 2.56 bits per heavy atom. The van der Waals surface area contributed by atoms with Gasteiger partial charge in [-0.3, -0.25) is 4.98 Å². The van der Waals surface area contributed by atoms with Gasteiger partial charge in [0.1, 0.15) is 17.1 Å². The first kappa shape index (κ1) is 17.5. The van der Waals surface area contributed by atoms with Gasteiger partial charge in [-0.2, -0.15) is 0 Å². The fourth-order valence-corrected chi connectivity index (χ4v) is 3.31. The molecule has 0 radical (unpaired) electrons. The summed E-state index contributed by atoms with van der Waals surface area (Å²) >= 11 is 1.55. The van der Waals surface area contributed by atoms with Crippen LogP contribution in [-0.2, 0) is 4.74 Å². The van der Waals surface area contributed by atoms with Crippen molar-refractivity contribution in [3.05, 3.63) is 23.8 Å². The Morgan fingerprint density at radius 1 is 1.24 bits per heavy atom. The maximum Gasteiger partial charge on any atom is 0.410 e. The Morgan fingerprint density at radius 2 is 1.96 bits per heavy atom. The van der Waals surface area contributed by atoms with Crippen LogP contribution in [0, 0.1) is 0 Å². The number of nitrogens with two attached hydrogens (primary N) is 1. The van der Waals surface area contributed by atoms with E-state index in [2.05, 4.69) is 9.88 Å². The van der Waals surface area contributed by atoms with E-state index in [-0.39, 0.29) is 6.09 Å². The van der Waals surface area contributed by atoms with Crippen LogP contribution in [0.4, 0.5) is 16.3 Å². The van der Waals surface area contributed by atoms with Gasteiger partial charge < -0.3 is 20.3 Å². The Balaban J connectivity index is 1.64. The van der Waals surface area contributed by atoms with Gasteiger partial charge in [0.2, 0.25) is 0 Å². The molecule has 25 heavy (non-hydrogen) atoms. The third kappa shape index (κ3) is 4.39. The minimum Gasteiger partial charge on any atom is -0.444 e. The maximum atomic E-state index is 12.1. The van der Waals surface area contributed by atoms with E-state index >= 15 is 0 Å². The van der Waals surface area contributed by atoms with Gasteiger partial charge in [0.15, 0.2) is 0 Å². The molecule has 1 aliphatic rings. The second kappa shape index (κ2) is 6.87. The first-order valence-corrected chi connectivity index (χ1v) is 9.09. The minimum atomic E-state index is -0.476. The molecule has 3 heterocycles. The lowest BCUT2D eigenvalue weighted by molar-refractivity contribution is 0.0240. The van der Waals surface area contributed by atoms with Crippen LogP contribution in [0.1, 0.15) is 20.8 Å². The summed E-state index contributed by atoms with van der Waals surface area (Å²) < 4.78 is 5.43. The van der Waals surface area contributed by atoms with Crippen LogP contribution in [0.25, 0.3) is 10.6 Å². The van der Waals surface area contributed by atoms with Crippen molar-refractivity contribution in [2.75, 3.05) is 36.8 Å². The number of ether oxygens (including phenoxy) is 1. The average molecular weight is 361 g/mol. The number of nitrogen functional groups attached to an aromatic ring is 1. The first-order valence-electron chi connectivity index (χ1n) is 8.21. The number of rotatable bonds is 2. The number of aromatic nitrogens is 2. The summed E-state index contributed by atoms with van der Waals surface area (Å²) in [5, 5.41) is 1.89. The summed E-state index contributed by atoms with van der Waals surface area (Å²) in [5.41, 5.74) is 6.86. The number of nitrogens with zero attached hydrogens (tertiary/aromatic N) is 4. The van der Waals surface area contributed by atoms with Gasteiger partial charge in [-0.1, -0.05) is 0 Å². The number of piperazine rings is 1. The zero-order chi connectivity index (χ0) is 18.0. The van der Waals surface area contributed by atoms with Crippen LogP contribution in [0.5, 0.6) is 0 Å². The lowest BCUT2D eigenvalue weighted by Crippen LogP contribution is -2.50. The van der Waals surface area contributed by atoms with Crippen LogP contribution in [0.2, 0.25) is 0 Å². The van der Waals surface area contributed by atoms with Crippen molar-refractivity contribution in [2.24, 2.45) is 0 Å². The molecule has 8 heteroatoms. The third-order valence-electron chi connectivity index (χ3n) is 3.75. The molecule has 0 unspecified atom stereocenters. The fourth-order valence-electron chi connectivity index (χ4n) is 2.56. The van der Waals surface area contributed by atoms with Gasteiger partial charge in [0.25, 0.3) is 0 Å². The van der Waals surface area contributed by atoms with Crippen LogP contribution in [-0.4, -0.2) is 52.7 Å². The molecular weight excluding hydrogens is 338 g/mol. The molecule has 2 aromatic heterocycles. The van der Waals surface area contributed by atoms with Crippen LogP contribution >= 0.6 is 11.3 Å². The molecular formula is C17H23N5O2S. The van der Waals surface area contributed by atoms with E-state index in [1.165, 1.54) is 0 Å². The highest BCUT2D eigenvalue weighted by Crippen LogP contribution is 2.27. The highest BCUT2D eigenvalue weighted by Gasteiger charge is 2.26. The Kier molecular flexibility index (Phi) is 4.80. The van der Waals surface area contributed by atoms with Crippen LogP contribution < -0.4 is 10.6 Å². The van der Waals surface area contributed by atoms with E-state index < -0.39 is 5.60 Å². The second-order valence-corrected chi connectivity index (χ2v) is 7.87. The molecule has 0 spiro atoms. The number of amides is 1. The maximum absolute atomic E-state index is 12.1. The molecule has 1 amide bonds. The van der Waals surface area contributed by atoms with Crippen LogP contribution in [0.15, 0.2) is 23.8 Å². The minimum absolute atomic E-state index is 0.263. The molecule has 2 N–H and O–H groups in total. The normalized spacial score (nSPS) is 15.3. The van der Waals surface area contributed by atoms with E-state index in [9.17, 15) is 4.79 Å². The monoisotopic (exact) mass is 361 g/mol. The van der Waals surface area contributed by atoms with Gasteiger partial charge in [-0.15, -0.1) is 11.3 Å². The molecule has 0 aromatic carbocycles. The van der Waals surface area contributed by atoms with Crippen LogP contribution in [0.3, 0.4) is 0 Å². The standard InChI is InChI=1S/C17H23N5O2S/c1-17(2,3)24-16(23)22-6-4-21(5-7-22)15-10-19-9-13(20-15)14-8-12(18)11-25-14/h8-11H,4-7,18H2,1-3H3. The van der Waals surface area contributed by atoms with Crippen molar-refractivity contribution in [3.63, 3.8) is 0 Å². The Bertz CT molecular complexity index is 747. The SMILES string of the molecule is CC(C)(C)OC(=O)N1CCN(c2cncc(-c3cc(N)cs3)n2)CC1. The van der Waals surface area contributed by atoms with Gasteiger partial charge in [0.05, 0.1) is 17.3 Å². The lowest BCUT2D eigenvalue weighted by Gasteiger charge is -2.36. The number of carbonyl (C=O) groups is 1. The molecule has 1 fully saturated rings. The Labute approximate surface area is 151 Å². The lowest BCUT2D eigenvalue weighted by atomic mass is 10.2. The van der Waals surface area contributed by atoms with Gasteiger partial charge in [0, 0.05) is 37.2 Å². The number of anilines is 2. The first-order chi connectivity index (χ1) is 11.8. The summed E-state index contributed by atoms with van der Waals surface area (Å²) in [6, 6.07) is 1.90. The summed E-state index contributed by atoms with van der Waals surface area (Å²) in [6.45, 7) is 8.23. The smallest absolute Gasteiger partial charge is 0.410 e. The van der Waals surface area contributed by atoms with E-state index in [0.717, 1.165) is 22.1 Å². The zero-order valence-electron chi connectivity index (χ0n) is 14.7. The highest BCUT2D eigenvalue weighted by molar-refractivity contribution is 7.14. The van der Waals surface area contributed by atoms with E-state index in [0.29, 0.717) is 26.2 Å². The molecule has 0 aliphatic carbocycles. The molecule has 7 nitrogen and oxygen atoms in total. The van der Waals surface area contributed by atoms with E-state index in [1.807, 2.05) is 32.2 Å². The van der Waals surface area contributed by atoms with Crippen molar-refractivity contribution in [1.82, 2.24) is 14.9 Å². The van der Waals surface area contributed by atoms with E-state index in [1.54, 1.807) is 28.6 Å². The van der Waals surface area contributed by atoms with Crippen molar-refractivity contribution < 1.29 is 9.53 Å². The quantitative estimate of drug-likeness (QED) is 0.885. The number of hydrogen-bond donors (Lipinski definition) is 1. The molecule has 0 atom stereocenters. The predicted molar refractivity (Wildman–Crippen MR) is 99.8 cm³/mol. The predicted octanol–water partition coefficient (Wildman–Crippen LogP) is 2.84. The third-order valence-corrected chi connectivity index (χ3v) is 4.72. The highest BCUT2D eigenvalue weighted by atomic mass is 32.1. The number of thiophene rings is 1. The Hall–Kier alpha value is -2.35. The molecule has 1 saturated heterocycles. The average Bonchev–Trinajstić information content (AvgIpc) is 3.00. The summed E-state index contributed by atoms with van der Waals surface area (Å²) in [5.74, 6) is 0.813. The van der Waals surface area contributed by atoms with E-state index in [4.69, 9.17) is 15.5 Å². The zero-order valence-corrected chi connectivity index (χ0v) is 15.5. The van der Waals surface area contributed by atoms with Crippen molar-refractivity contribution in [3.8, 4) is 10.6 Å². The van der Waals surface area contributed by atoms with Crippen molar-refractivity contribution >= 4 is 28.9 Å². The fraction of sp³-hybridized carbons (Fsp3) is 0.471. The van der Waals surface area contributed by atoms with Crippen molar-refractivity contribution in [2.45, 2.75) is 26.4 Å². The van der Waals surface area contributed by atoms with Gasteiger partial charge in [-0.25, -0.2) is 9.78 Å². The molecule has 1 aliphatic heterocycles. The van der Waals surface area contributed by atoms with Crippen molar-refractivity contribution in [1.29, 1.82) is 0 Å². The molecule has 0 bridgehead atoms. The summed E-state index contributed by atoms with van der Waals surface area (Å²) in [4.78, 5) is 26.0. The molecule has 2 aromatic rings. The number of carbonyl (C=O) groups excluding carboxylic acids is 1. The van der Waals surface area contributed by atoms with Gasteiger partial charge in [-0.05, 0) is 26.8 Å².